The molecule has 3 aromatic carbocycles. The molecule has 0 aliphatic carbocycles. The second-order valence-electron chi connectivity index (χ2n) is 6.56. The number of hydrogen-bond acceptors (Lipinski definition) is 2. The van der Waals surface area contributed by atoms with E-state index in [9.17, 15) is 9.59 Å². The SMILES string of the molecule is O=C(NNC(=O)c1cn(Cc2ccccc2)c2ccccc12)c1ccccc1Br. The number of hydrazine groups is 1. The third kappa shape index (κ3) is 4.07. The van der Waals surface area contributed by atoms with Gasteiger partial charge < -0.3 is 4.57 Å². The minimum absolute atomic E-state index is 0.367. The lowest BCUT2D eigenvalue weighted by Gasteiger charge is -2.08. The highest BCUT2D eigenvalue weighted by atomic mass is 79.9. The van der Waals surface area contributed by atoms with Gasteiger partial charge in [-0.1, -0.05) is 60.7 Å². The number of amides is 2. The number of para-hydroxylation sites is 1. The number of carbonyl (C=O) groups excluding carboxylic acids is 2. The summed E-state index contributed by atoms with van der Waals surface area (Å²) in [6.07, 6.45) is 1.82. The maximum atomic E-state index is 12.8. The quantitative estimate of drug-likeness (QED) is 0.451. The lowest BCUT2D eigenvalue weighted by molar-refractivity contribution is 0.0847. The molecular weight excluding hydrogens is 430 g/mol. The fourth-order valence-corrected chi connectivity index (χ4v) is 3.70. The maximum absolute atomic E-state index is 12.8. The highest BCUT2D eigenvalue weighted by molar-refractivity contribution is 9.10. The van der Waals surface area contributed by atoms with Crippen molar-refractivity contribution in [2.24, 2.45) is 0 Å². The number of nitrogens with zero attached hydrogens (tertiary/aromatic N) is 1. The van der Waals surface area contributed by atoms with E-state index in [4.69, 9.17) is 0 Å². The van der Waals surface area contributed by atoms with Crippen molar-refractivity contribution in [1.29, 1.82) is 0 Å². The van der Waals surface area contributed by atoms with Crippen LogP contribution in [0.15, 0.2) is 89.5 Å². The number of benzene rings is 3. The van der Waals surface area contributed by atoms with E-state index in [0.29, 0.717) is 22.1 Å². The fraction of sp³-hybridized carbons (Fsp3) is 0.0435. The predicted octanol–water partition coefficient (Wildman–Crippen LogP) is 4.53. The summed E-state index contributed by atoms with van der Waals surface area (Å²) < 4.78 is 2.70. The van der Waals surface area contributed by atoms with Crippen LogP contribution in [0, 0.1) is 0 Å². The first-order valence-electron chi connectivity index (χ1n) is 9.10. The first kappa shape index (κ1) is 19.0. The molecule has 0 spiro atoms. The molecule has 0 fully saturated rings. The van der Waals surface area contributed by atoms with E-state index in [1.807, 2.05) is 71.4 Å². The zero-order valence-electron chi connectivity index (χ0n) is 15.4. The number of nitrogens with one attached hydrogen (secondary N) is 2. The molecule has 0 atom stereocenters. The Kier molecular flexibility index (Phi) is 5.44. The van der Waals surface area contributed by atoms with Crippen LogP contribution in [0.25, 0.3) is 10.9 Å². The van der Waals surface area contributed by atoms with Gasteiger partial charge in [0.2, 0.25) is 0 Å². The van der Waals surface area contributed by atoms with E-state index in [1.54, 1.807) is 18.2 Å². The summed E-state index contributed by atoms with van der Waals surface area (Å²) in [6.45, 7) is 0.651. The van der Waals surface area contributed by atoms with Gasteiger partial charge in [-0.2, -0.15) is 0 Å². The van der Waals surface area contributed by atoms with Crippen LogP contribution >= 0.6 is 15.9 Å². The standard InChI is InChI=1S/C23H18BrN3O2/c24-20-12-6-4-11-18(20)22(28)25-26-23(29)19-15-27(14-16-8-2-1-3-9-16)21-13-7-5-10-17(19)21/h1-13,15H,14H2,(H,25,28)(H,26,29). The van der Waals surface area contributed by atoms with Crippen LogP contribution < -0.4 is 10.9 Å². The van der Waals surface area contributed by atoms with Gasteiger partial charge in [0.05, 0.1) is 11.1 Å². The second kappa shape index (κ2) is 8.32. The van der Waals surface area contributed by atoms with Crippen molar-refractivity contribution < 1.29 is 9.59 Å². The molecule has 0 aliphatic heterocycles. The van der Waals surface area contributed by atoms with Crippen LogP contribution in [0.5, 0.6) is 0 Å². The molecule has 0 saturated carbocycles. The molecule has 0 aliphatic rings. The van der Waals surface area contributed by atoms with Gasteiger partial charge >= 0.3 is 0 Å². The second-order valence-corrected chi connectivity index (χ2v) is 7.42. The van der Waals surface area contributed by atoms with Crippen LogP contribution in [0.1, 0.15) is 26.3 Å². The third-order valence-corrected chi connectivity index (χ3v) is 5.33. The summed E-state index contributed by atoms with van der Waals surface area (Å²) in [5.74, 6) is -0.757. The van der Waals surface area contributed by atoms with Gasteiger partial charge in [0, 0.05) is 28.1 Å². The zero-order valence-corrected chi connectivity index (χ0v) is 17.0. The number of rotatable bonds is 4. The Bertz CT molecular complexity index is 1190. The topological polar surface area (TPSA) is 63.1 Å². The van der Waals surface area contributed by atoms with Crippen molar-refractivity contribution in [2.75, 3.05) is 0 Å². The van der Waals surface area contributed by atoms with Gasteiger partial charge in [-0.15, -0.1) is 0 Å². The summed E-state index contributed by atoms with van der Waals surface area (Å²) in [5.41, 5.74) is 8.05. The number of aromatic nitrogens is 1. The molecule has 144 valence electrons. The molecular formula is C23H18BrN3O2. The van der Waals surface area contributed by atoms with Gasteiger partial charge in [-0.3, -0.25) is 20.4 Å². The van der Waals surface area contributed by atoms with Crippen molar-refractivity contribution in [3.63, 3.8) is 0 Å². The lowest BCUT2D eigenvalue weighted by atomic mass is 10.1. The van der Waals surface area contributed by atoms with E-state index in [1.165, 1.54) is 0 Å². The number of carbonyl (C=O) groups is 2. The Hall–Kier alpha value is -3.38. The van der Waals surface area contributed by atoms with Crippen LogP contribution in [0.2, 0.25) is 0 Å². The van der Waals surface area contributed by atoms with Crippen LogP contribution in [0.3, 0.4) is 0 Å². The first-order chi connectivity index (χ1) is 14.1. The minimum atomic E-state index is -0.390. The normalized spacial score (nSPS) is 10.7. The summed E-state index contributed by atoms with van der Waals surface area (Å²) in [6, 6.07) is 24.8. The molecule has 0 saturated heterocycles. The smallest absolute Gasteiger partial charge is 0.271 e. The average Bonchev–Trinajstić information content (AvgIpc) is 3.11. The van der Waals surface area contributed by atoms with E-state index < -0.39 is 0 Å². The number of hydrogen-bond donors (Lipinski definition) is 2. The third-order valence-electron chi connectivity index (χ3n) is 4.64. The highest BCUT2D eigenvalue weighted by Gasteiger charge is 2.16. The molecule has 0 unspecified atom stereocenters. The van der Waals surface area contributed by atoms with Crippen molar-refractivity contribution in [1.82, 2.24) is 15.4 Å². The lowest BCUT2D eigenvalue weighted by Crippen LogP contribution is -2.41. The van der Waals surface area contributed by atoms with Gasteiger partial charge in [-0.25, -0.2) is 0 Å². The Morgan fingerprint density at radius 3 is 2.14 bits per heavy atom. The Balaban J connectivity index is 1.56. The summed E-state index contributed by atoms with van der Waals surface area (Å²) in [5, 5.41) is 0.830. The summed E-state index contributed by atoms with van der Waals surface area (Å²) >= 11 is 3.34. The molecule has 1 aromatic heterocycles. The Morgan fingerprint density at radius 1 is 0.759 bits per heavy atom. The van der Waals surface area contributed by atoms with E-state index in [2.05, 4.69) is 26.8 Å². The monoisotopic (exact) mass is 447 g/mol. The first-order valence-corrected chi connectivity index (χ1v) is 9.90. The Morgan fingerprint density at radius 2 is 1.38 bits per heavy atom. The molecule has 5 nitrogen and oxygen atoms in total. The van der Waals surface area contributed by atoms with Crippen molar-refractivity contribution in [3.8, 4) is 0 Å². The molecule has 4 aromatic rings. The molecule has 1 heterocycles. The van der Waals surface area contributed by atoms with E-state index in [0.717, 1.165) is 16.5 Å². The van der Waals surface area contributed by atoms with E-state index in [-0.39, 0.29) is 11.8 Å². The molecule has 6 heteroatoms. The molecule has 2 N–H and O–H groups in total. The largest absolute Gasteiger partial charge is 0.342 e. The predicted molar refractivity (Wildman–Crippen MR) is 117 cm³/mol. The zero-order chi connectivity index (χ0) is 20.2. The average molecular weight is 448 g/mol. The number of halogens is 1. The molecule has 29 heavy (non-hydrogen) atoms. The van der Waals surface area contributed by atoms with E-state index >= 15 is 0 Å². The highest BCUT2D eigenvalue weighted by Crippen LogP contribution is 2.22. The van der Waals surface area contributed by atoms with Crippen molar-refractivity contribution in [2.45, 2.75) is 6.54 Å². The fourth-order valence-electron chi connectivity index (χ4n) is 3.23. The molecule has 4 rings (SSSR count). The van der Waals surface area contributed by atoms with Gasteiger partial charge in [0.15, 0.2) is 0 Å². The molecule has 0 radical (unpaired) electrons. The Labute approximate surface area is 176 Å². The van der Waals surface area contributed by atoms with Crippen LogP contribution in [-0.4, -0.2) is 16.4 Å². The molecule has 2 amide bonds. The maximum Gasteiger partial charge on any atom is 0.271 e. The number of fused-ring (bicyclic) bond motifs is 1. The summed E-state index contributed by atoms with van der Waals surface area (Å²) in [4.78, 5) is 25.1. The van der Waals surface area contributed by atoms with Gasteiger partial charge in [0.25, 0.3) is 11.8 Å². The van der Waals surface area contributed by atoms with Crippen molar-refractivity contribution >= 4 is 38.6 Å². The van der Waals surface area contributed by atoms with Crippen LogP contribution in [0.4, 0.5) is 0 Å². The molecule has 0 bridgehead atoms. The van der Waals surface area contributed by atoms with Gasteiger partial charge in [-0.05, 0) is 39.7 Å². The minimum Gasteiger partial charge on any atom is -0.342 e. The van der Waals surface area contributed by atoms with Gasteiger partial charge in [0.1, 0.15) is 0 Å². The summed E-state index contributed by atoms with van der Waals surface area (Å²) in [7, 11) is 0. The van der Waals surface area contributed by atoms with Crippen molar-refractivity contribution in [3.05, 3.63) is 106 Å². The van der Waals surface area contributed by atoms with Crippen LogP contribution in [-0.2, 0) is 6.54 Å².